The van der Waals surface area contributed by atoms with Gasteiger partial charge in [0.15, 0.2) is 0 Å². The van der Waals surface area contributed by atoms with Gasteiger partial charge >= 0.3 is 0 Å². The molecule has 0 aliphatic heterocycles. The molecule has 0 spiro atoms. The van der Waals surface area contributed by atoms with E-state index in [1.807, 2.05) is 44.2 Å². The Labute approximate surface area is 171 Å². The van der Waals surface area contributed by atoms with E-state index in [0.29, 0.717) is 5.75 Å². The van der Waals surface area contributed by atoms with Gasteiger partial charge in [0.1, 0.15) is 11.5 Å². The first-order valence-corrected chi connectivity index (χ1v) is 10.6. The molecule has 152 valence electrons. The molecule has 0 atom stereocenters. The van der Waals surface area contributed by atoms with Crippen LogP contribution in [0.25, 0.3) is 11.3 Å². The van der Waals surface area contributed by atoms with Crippen molar-refractivity contribution in [2.75, 3.05) is 14.2 Å². The zero-order valence-electron chi connectivity index (χ0n) is 16.9. The Hall–Kier alpha value is -2.90. The minimum absolute atomic E-state index is 0.134. The molecule has 0 saturated carbocycles. The van der Waals surface area contributed by atoms with Gasteiger partial charge in [0, 0.05) is 17.8 Å². The van der Waals surface area contributed by atoms with E-state index in [1.54, 1.807) is 19.2 Å². The standard InChI is InChI=1S/C22H24N2O4S/c1-15-13-16(2)24-22(17-5-7-18(27-3)8-6-17)21(15)14-23-29(25,26)20-11-9-19(28-4)10-12-20/h5-13,23H,14H2,1-4H3. The molecule has 0 fully saturated rings. The van der Waals surface area contributed by atoms with Crippen molar-refractivity contribution in [2.24, 2.45) is 0 Å². The van der Waals surface area contributed by atoms with E-state index >= 15 is 0 Å². The molecular formula is C22H24N2O4S. The third-order valence-corrected chi connectivity index (χ3v) is 6.06. The fraction of sp³-hybridized carbons (Fsp3) is 0.227. The normalized spacial score (nSPS) is 11.3. The van der Waals surface area contributed by atoms with Crippen molar-refractivity contribution in [2.45, 2.75) is 25.3 Å². The number of aryl methyl sites for hydroxylation is 2. The van der Waals surface area contributed by atoms with Crippen LogP contribution in [0.5, 0.6) is 11.5 Å². The maximum Gasteiger partial charge on any atom is 0.240 e. The second-order valence-corrected chi connectivity index (χ2v) is 8.40. The molecule has 7 heteroatoms. The third-order valence-electron chi connectivity index (χ3n) is 4.65. The Morgan fingerprint density at radius 2 is 1.45 bits per heavy atom. The predicted molar refractivity (Wildman–Crippen MR) is 113 cm³/mol. The summed E-state index contributed by atoms with van der Waals surface area (Å²) in [6, 6.07) is 15.8. The second kappa shape index (κ2) is 8.63. The van der Waals surface area contributed by atoms with Crippen LogP contribution in [0.3, 0.4) is 0 Å². The summed E-state index contributed by atoms with van der Waals surface area (Å²) in [5.74, 6) is 1.35. The predicted octanol–water partition coefficient (Wildman–Crippen LogP) is 3.86. The van der Waals surface area contributed by atoms with Crippen molar-refractivity contribution < 1.29 is 17.9 Å². The first-order valence-electron chi connectivity index (χ1n) is 9.09. The van der Waals surface area contributed by atoms with Gasteiger partial charge in [-0.25, -0.2) is 13.1 Å². The molecular weight excluding hydrogens is 388 g/mol. The zero-order valence-corrected chi connectivity index (χ0v) is 17.7. The number of hydrogen-bond donors (Lipinski definition) is 1. The number of benzene rings is 2. The fourth-order valence-corrected chi connectivity index (χ4v) is 4.07. The molecule has 1 aromatic heterocycles. The van der Waals surface area contributed by atoms with E-state index < -0.39 is 10.0 Å². The van der Waals surface area contributed by atoms with Crippen LogP contribution in [0, 0.1) is 13.8 Å². The van der Waals surface area contributed by atoms with Gasteiger partial charge in [-0.15, -0.1) is 0 Å². The number of nitrogens with zero attached hydrogens (tertiary/aromatic N) is 1. The Balaban J connectivity index is 1.91. The summed E-state index contributed by atoms with van der Waals surface area (Å²) >= 11 is 0. The number of methoxy groups -OCH3 is 2. The lowest BCUT2D eigenvalue weighted by atomic mass is 10.0. The monoisotopic (exact) mass is 412 g/mol. The Morgan fingerprint density at radius 3 is 2.00 bits per heavy atom. The molecule has 29 heavy (non-hydrogen) atoms. The van der Waals surface area contributed by atoms with Gasteiger partial charge in [-0.3, -0.25) is 4.98 Å². The number of rotatable bonds is 7. The number of nitrogens with one attached hydrogen (secondary N) is 1. The first-order chi connectivity index (χ1) is 13.8. The highest BCUT2D eigenvalue weighted by molar-refractivity contribution is 7.89. The van der Waals surface area contributed by atoms with E-state index in [-0.39, 0.29) is 11.4 Å². The van der Waals surface area contributed by atoms with Crippen molar-refractivity contribution in [3.63, 3.8) is 0 Å². The maximum absolute atomic E-state index is 12.7. The summed E-state index contributed by atoms with van der Waals surface area (Å²) in [5, 5.41) is 0. The summed E-state index contributed by atoms with van der Waals surface area (Å²) in [6.07, 6.45) is 0. The first kappa shape index (κ1) is 20.8. The van der Waals surface area contributed by atoms with Gasteiger partial charge in [-0.2, -0.15) is 0 Å². The van der Waals surface area contributed by atoms with Gasteiger partial charge in [0.25, 0.3) is 0 Å². The van der Waals surface area contributed by atoms with Crippen molar-refractivity contribution in [1.82, 2.24) is 9.71 Å². The molecule has 0 radical (unpaired) electrons. The Bertz CT molecular complexity index is 1090. The molecule has 6 nitrogen and oxygen atoms in total. The molecule has 0 unspecified atom stereocenters. The molecule has 0 bridgehead atoms. The van der Waals surface area contributed by atoms with Crippen molar-refractivity contribution >= 4 is 10.0 Å². The lowest BCUT2D eigenvalue weighted by Gasteiger charge is -2.15. The minimum Gasteiger partial charge on any atom is -0.497 e. The summed E-state index contributed by atoms with van der Waals surface area (Å²) in [5.41, 5.74) is 4.33. The molecule has 1 heterocycles. The van der Waals surface area contributed by atoms with Crippen LogP contribution in [0.2, 0.25) is 0 Å². The van der Waals surface area contributed by atoms with Crippen molar-refractivity contribution in [3.8, 4) is 22.8 Å². The number of hydrogen-bond acceptors (Lipinski definition) is 5. The highest BCUT2D eigenvalue weighted by Crippen LogP contribution is 2.27. The molecule has 3 aromatic rings. The second-order valence-electron chi connectivity index (χ2n) is 6.64. The van der Waals surface area contributed by atoms with E-state index in [0.717, 1.165) is 33.8 Å². The van der Waals surface area contributed by atoms with Crippen LogP contribution in [-0.2, 0) is 16.6 Å². The summed E-state index contributed by atoms with van der Waals surface area (Å²) in [6.45, 7) is 4.01. The number of aromatic nitrogens is 1. The molecule has 0 aliphatic rings. The lowest BCUT2D eigenvalue weighted by Crippen LogP contribution is -2.24. The Morgan fingerprint density at radius 1 is 0.897 bits per heavy atom. The minimum atomic E-state index is -3.67. The van der Waals surface area contributed by atoms with Crippen LogP contribution < -0.4 is 14.2 Å². The summed E-state index contributed by atoms with van der Waals surface area (Å²) in [4.78, 5) is 4.85. The molecule has 1 N–H and O–H groups in total. The fourth-order valence-electron chi connectivity index (χ4n) is 3.08. The third kappa shape index (κ3) is 4.75. The van der Waals surface area contributed by atoms with Gasteiger partial charge in [-0.1, -0.05) is 0 Å². The van der Waals surface area contributed by atoms with Crippen molar-refractivity contribution in [1.29, 1.82) is 0 Å². The highest BCUT2D eigenvalue weighted by Gasteiger charge is 2.17. The van der Waals surface area contributed by atoms with Crippen LogP contribution >= 0.6 is 0 Å². The zero-order chi connectivity index (χ0) is 21.0. The average Bonchev–Trinajstić information content (AvgIpc) is 2.72. The van der Waals surface area contributed by atoms with Crippen LogP contribution in [-0.4, -0.2) is 27.6 Å². The quantitative estimate of drug-likeness (QED) is 0.638. The van der Waals surface area contributed by atoms with Crippen LogP contribution in [0.4, 0.5) is 0 Å². The van der Waals surface area contributed by atoms with Gasteiger partial charge in [0.05, 0.1) is 24.8 Å². The Kier molecular flexibility index (Phi) is 6.20. The number of sulfonamides is 1. The topological polar surface area (TPSA) is 77.5 Å². The smallest absolute Gasteiger partial charge is 0.240 e. The van der Waals surface area contributed by atoms with Gasteiger partial charge < -0.3 is 9.47 Å². The number of ether oxygens (including phenoxy) is 2. The number of pyridine rings is 1. The highest BCUT2D eigenvalue weighted by atomic mass is 32.2. The van der Waals surface area contributed by atoms with E-state index in [2.05, 4.69) is 9.71 Å². The maximum atomic E-state index is 12.7. The summed E-state index contributed by atoms with van der Waals surface area (Å²) in [7, 11) is -0.521. The molecule has 0 saturated heterocycles. The summed E-state index contributed by atoms with van der Waals surface area (Å²) < 4.78 is 38.4. The van der Waals surface area contributed by atoms with Crippen molar-refractivity contribution in [3.05, 3.63) is 71.4 Å². The largest absolute Gasteiger partial charge is 0.497 e. The molecule has 3 rings (SSSR count). The van der Waals surface area contributed by atoms with Crippen LogP contribution in [0.1, 0.15) is 16.8 Å². The van der Waals surface area contributed by atoms with E-state index in [1.165, 1.54) is 19.2 Å². The molecule has 0 amide bonds. The van der Waals surface area contributed by atoms with Crippen LogP contribution in [0.15, 0.2) is 59.5 Å². The van der Waals surface area contributed by atoms with Gasteiger partial charge in [0.2, 0.25) is 10.0 Å². The van der Waals surface area contributed by atoms with E-state index in [9.17, 15) is 8.42 Å². The molecule has 0 aliphatic carbocycles. The SMILES string of the molecule is COc1ccc(-c2nc(C)cc(C)c2CNS(=O)(=O)c2ccc(OC)cc2)cc1. The van der Waals surface area contributed by atoms with E-state index in [4.69, 9.17) is 9.47 Å². The van der Waals surface area contributed by atoms with Gasteiger partial charge in [-0.05, 0) is 79.6 Å². The molecule has 2 aromatic carbocycles. The lowest BCUT2D eigenvalue weighted by molar-refractivity contribution is 0.414. The average molecular weight is 413 g/mol.